The highest BCUT2D eigenvalue weighted by molar-refractivity contribution is 9.11. The van der Waals surface area contributed by atoms with E-state index in [0.717, 1.165) is 8.95 Å². The van der Waals surface area contributed by atoms with E-state index in [1.165, 1.54) is 0 Å². The molecule has 0 aromatic carbocycles. The predicted octanol–water partition coefficient (Wildman–Crippen LogP) is 1.65. The number of aliphatic hydroxyl groups is 1. The van der Waals surface area contributed by atoms with Gasteiger partial charge in [0.2, 0.25) is 5.82 Å². The molecule has 6 nitrogen and oxygen atoms in total. The average Bonchev–Trinajstić information content (AvgIpc) is 2.77. The van der Waals surface area contributed by atoms with Crippen LogP contribution < -0.4 is 5.73 Å². The number of aromatic nitrogens is 3. The highest BCUT2D eigenvalue weighted by Crippen LogP contribution is 2.27. The van der Waals surface area contributed by atoms with Gasteiger partial charge in [-0.2, -0.15) is 4.98 Å². The molecule has 0 bridgehead atoms. The molecule has 0 radical (unpaired) electrons. The van der Waals surface area contributed by atoms with Crippen LogP contribution in [0.3, 0.4) is 0 Å². The number of nitrogens with zero attached hydrogens (tertiary/aromatic N) is 3. The third-order valence-electron chi connectivity index (χ3n) is 1.97. The Labute approximate surface area is 113 Å². The zero-order valence-electron chi connectivity index (χ0n) is 8.47. The molecule has 0 spiro atoms. The summed E-state index contributed by atoms with van der Waals surface area (Å²) in [5, 5.41) is 13.2. The first-order valence-corrected chi connectivity index (χ1v) is 6.23. The van der Waals surface area contributed by atoms with Crippen LogP contribution in [0.25, 0.3) is 11.5 Å². The standard InChI is InChI=1S/C9H8Br2N4O2/c10-4-1-5(11)7(13-3-4)8-14-9(17-15-8)6(16)2-12/h1,3,6,16H,2,12H2/t6-/m0/s1. The van der Waals surface area contributed by atoms with E-state index in [0.29, 0.717) is 11.5 Å². The van der Waals surface area contributed by atoms with Crippen molar-refractivity contribution in [1.82, 2.24) is 15.1 Å². The predicted molar refractivity (Wildman–Crippen MR) is 66.9 cm³/mol. The minimum atomic E-state index is -0.953. The van der Waals surface area contributed by atoms with Crippen molar-refractivity contribution < 1.29 is 9.63 Å². The number of nitrogens with two attached hydrogens (primary N) is 1. The lowest BCUT2D eigenvalue weighted by molar-refractivity contribution is 0.141. The van der Waals surface area contributed by atoms with Gasteiger partial charge >= 0.3 is 0 Å². The molecule has 0 aliphatic heterocycles. The molecule has 1 atom stereocenters. The van der Waals surface area contributed by atoms with E-state index in [1.54, 1.807) is 6.20 Å². The van der Waals surface area contributed by atoms with Gasteiger partial charge in [0, 0.05) is 21.7 Å². The van der Waals surface area contributed by atoms with Gasteiger partial charge in [0.1, 0.15) is 11.8 Å². The highest BCUT2D eigenvalue weighted by Gasteiger charge is 2.17. The fourth-order valence-electron chi connectivity index (χ4n) is 1.15. The van der Waals surface area contributed by atoms with Gasteiger partial charge in [0.15, 0.2) is 0 Å². The largest absolute Gasteiger partial charge is 0.382 e. The van der Waals surface area contributed by atoms with Crippen molar-refractivity contribution in [3.63, 3.8) is 0 Å². The van der Waals surface area contributed by atoms with E-state index in [9.17, 15) is 5.11 Å². The Kier molecular flexibility index (Phi) is 3.87. The molecule has 0 fully saturated rings. The number of hydrogen-bond donors (Lipinski definition) is 2. The molecule has 2 rings (SSSR count). The van der Waals surface area contributed by atoms with Crippen LogP contribution in [0.5, 0.6) is 0 Å². The molecule has 0 aliphatic rings. The van der Waals surface area contributed by atoms with Gasteiger partial charge < -0.3 is 15.4 Å². The molecule has 0 saturated heterocycles. The molecule has 17 heavy (non-hydrogen) atoms. The lowest BCUT2D eigenvalue weighted by Gasteiger charge is -1.99. The molecule has 0 unspecified atom stereocenters. The van der Waals surface area contributed by atoms with E-state index >= 15 is 0 Å². The first-order chi connectivity index (χ1) is 8.11. The van der Waals surface area contributed by atoms with Crippen molar-refractivity contribution in [2.75, 3.05) is 6.54 Å². The summed E-state index contributed by atoms with van der Waals surface area (Å²) in [6, 6.07) is 1.82. The van der Waals surface area contributed by atoms with E-state index in [1.807, 2.05) is 6.07 Å². The Morgan fingerprint density at radius 2 is 2.24 bits per heavy atom. The normalized spacial score (nSPS) is 12.7. The van der Waals surface area contributed by atoms with Crippen LogP contribution >= 0.6 is 31.9 Å². The minimum absolute atomic E-state index is 0.0244. The second-order valence-corrected chi connectivity index (χ2v) is 4.96. The van der Waals surface area contributed by atoms with Crippen LogP contribution in [0.2, 0.25) is 0 Å². The summed E-state index contributed by atoms with van der Waals surface area (Å²) in [6.07, 6.45) is 0.667. The highest BCUT2D eigenvalue weighted by atomic mass is 79.9. The first-order valence-electron chi connectivity index (χ1n) is 4.65. The van der Waals surface area contributed by atoms with Crippen LogP contribution in [-0.4, -0.2) is 26.8 Å². The molecule has 2 heterocycles. The number of pyridine rings is 1. The Balaban J connectivity index is 2.37. The van der Waals surface area contributed by atoms with Gasteiger partial charge in [0.05, 0.1) is 0 Å². The number of hydrogen-bond acceptors (Lipinski definition) is 6. The van der Waals surface area contributed by atoms with Crippen molar-refractivity contribution in [2.24, 2.45) is 5.73 Å². The zero-order valence-corrected chi connectivity index (χ0v) is 11.6. The average molecular weight is 364 g/mol. The number of rotatable bonds is 3. The summed E-state index contributed by atoms with van der Waals surface area (Å²) in [5.74, 6) is 0.381. The zero-order chi connectivity index (χ0) is 12.4. The van der Waals surface area contributed by atoms with Gasteiger partial charge in [-0.05, 0) is 37.9 Å². The number of aliphatic hydroxyl groups excluding tert-OH is 1. The van der Waals surface area contributed by atoms with Crippen LogP contribution in [-0.2, 0) is 0 Å². The number of halogens is 2. The maximum atomic E-state index is 9.44. The van der Waals surface area contributed by atoms with Crippen molar-refractivity contribution in [2.45, 2.75) is 6.10 Å². The fraction of sp³-hybridized carbons (Fsp3) is 0.222. The van der Waals surface area contributed by atoms with Crippen LogP contribution in [0.15, 0.2) is 25.7 Å². The summed E-state index contributed by atoms with van der Waals surface area (Å²) < 4.78 is 6.45. The molecule has 2 aromatic rings. The van der Waals surface area contributed by atoms with Crippen molar-refractivity contribution in [3.05, 3.63) is 27.1 Å². The Morgan fingerprint density at radius 3 is 2.88 bits per heavy atom. The van der Waals surface area contributed by atoms with Crippen LogP contribution in [0.1, 0.15) is 12.0 Å². The van der Waals surface area contributed by atoms with Crippen LogP contribution in [0.4, 0.5) is 0 Å². The van der Waals surface area contributed by atoms with Gasteiger partial charge in [-0.1, -0.05) is 5.16 Å². The monoisotopic (exact) mass is 362 g/mol. The fourth-order valence-corrected chi connectivity index (χ4v) is 2.31. The minimum Gasteiger partial charge on any atom is -0.382 e. The van der Waals surface area contributed by atoms with Crippen molar-refractivity contribution in [3.8, 4) is 11.5 Å². The third kappa shape index (κ3) is 2.71. The molecule has 2 aromatic heterocycles. The quantitative estimate of drug-likeness (QED) is 0.860. The summed E-state index contributed by atoms with van der Waals surface area (Å²) in [5.41, 5.74) is 5.83. The van der Waals surface area contributed by atoms with E-state index in [-0.39, 0.29) is 12.4 Å². The van der Waals surface area contributed by atoms with Crippen LogP contribution in [0, 0.1) is 0 Å². The summed E-state index contributed by atoms with van der Waals surface area (Å²) in [4.78, 5) is 8.18. The van der Waals surface area contributed by atoms with Gasteiger partial charge in [-0.3, -0.25) is 4.98 Å². The van der Waals surface area contributed by atoms with Gasteiger partial charge in [-0.25, -0.2) is 0 Å². The van der Waals surface area contributed by atoms with Gasteiger partial charge in [0.25, 0.3) is 5.89 Å². The molecule has 0 saturated carbocycles. The molecular formula is C9H8Br2N4O2. The van der Waals surface area contributed by atoms with E-state index in [4.69, 9.17) is 10.3 Å². The first kappa shape index (κ1) is 12.6. The molecule has 0 aliphatic carbocycles. The van der Waals surface area contributed by atoms with E-state index < -0.39 is 6.10 Å². The molecule has 3 N–H and O–H groups in total. The maximum Gasteiger partial charge on any atom is 0.257 e. The summed E-state index contributed by atoms with van der Waals surface area (Å²) in [7, 11) is 0. The Bertz CT molecular complexity index is 531. The lowest BCUT2D eigenvalue weighted by Crippen LogP contribution is -2.11. The molecule has 90 valence electrons. The second-order valence-electron chi connectivity index (χ2n) is 3.19. The topological polar surface area (TPSA) is 98.1 Å². The summed E-state index contributed by atoms with van der Waals surface area (Å²) >= 11 is 6.64. The second kappa shape index (κ2) is 5.21. The summed E-state index contributed by atoms with van der Waals surface area (Å²) in [6.45, 7) is 0.0244. The smallest absolute Gasteiger partial charge is 0.257 e. The van der Waals surface area contributed by atoms with Crippen molar-refractivity contribution >= 4 is 31.9 Å². The molecule has 8 heteroatoms. The lowest BCUT2D eigenvalue weighted by atomic mass is 10.3. The van der Waals surface area contributed by atoms with Gasteiger partial charge in [-0.15, -0.1) is 0 Å². The van der Waals surface area contributed by atoms with Crippen molar-refractivity contribution in [1.29, 1.82) is 0 Å². The van der Waals surface area contributed by atoms with E-state index in [2.05, 4.69) is 47.0 Å². The molecular weight excluding hydrogens is 356 g/mol. The third-order valence-corrected chi connectivity index (χ3v) is 3.01. The molecule has 0 amide bonds. The maximum absolute atomic E-state index is 9.44. The Morgan fingerprint density at radius 1 is 1.47 bits per heavy atom. The SMILES string of the molecule is NC[C@H](O)c1nc(-c2ncc(Br)cc2Br)no1. The Hall–Kier alpha value is -0.830.